The third-order valence-corrected chi connectivity index (χ3v) is 3.99. The first-order valence-electron chi connectivity index (χ1n) is 7.13. The highest BCUT2D eigenvalue weighted by Crippen LogP contribution is 2.22. The molecule has 1 aliphatic heterocycles. The maximum absolute atomic E-state index is 13.9. The number of halogens is 2. The van der Waals surface area contributed by atoms with Crippen LogP contribution in [-0.2, 0) is 0 Å². The van der Waals surface area contributed by atoms with Crippen LogP contribution in [0.4, 0.5) is 8.78 Å². The van der Waals surface area contributed by atoms with Crippen molar-refractivity contribution in [2.45, 2.75) is 6.04 Å². The van der Waals surface area contributed by atoms with Crippen LogP contribution < -0.4 is 10.1 Å². The second-order valence-electron chi connectivity index (χ2n) is 5.55. The van der Waals surface area contributed by atoms with Crippen molar-refractivity contribution in [2.75, 3.05) is 47.4 Å². The second kappa shape index (κ2) is 7.02. The average Bonchev–Trinajstić information content (AvgIpc) is 2.50. The van der Waals surface area contributed by atoms with Crippen molar-refractivity contribution in [3.8, 4) is 5.75 Å². The third-order valence-electron chi connectivity index (χ3n) is 3.99. The van der Waals surface area contributed by atoms with Crippen molar-refractivity contribution in [3.63, 3.8) is 0 Å². The summed E-state index contributed by atoms with van der Waals surface area (Å²) in [6.45, 7) is 3.07. The standard InChI is InChI=1S/C15H21F2N3O2/c1-19-6-7-20(2)10(9-19)8-18-15(21)11-4-5-12(22-3)14(17)13(11)16/h4-5,10H,6-9H2,1-3H3,(H,18,21)/t10-/m1/s1. The van der Waals surface area contributed by atoms with E-state index < -0.39 is 17.5 Å². The monoisotopic (exact) mass is 313 g/mol. The van der Waals surface area contributed by atoms with Crippen LogP contribution in [-0.4, -0.2) is 69.1 Å². The van der Waals surface area contributed by atoms with E-state index in [1.165, 1.54) is 19.2 Å². The lowest BCUT2D eigenvalue weighted by Gasteiger charge is -2.37. The van der Waals surface area contributed by atoms with Crippen LogP contribution in [0.5, 0.6) is 5.75 Å². The van der Waals surface area contributed by atoms with Gasteiger partial charge >= 0.3 is 0 Å². The fourth-order valence-corrected chi connectivity index (χ4v) is 2.49. The summed E-state index contributed by atoms with van der Waals surface area (Å²) in [5.74, 6) is -3.18. The normalized spacial score (nSPS) is 20.0. The van der Waals surface area contributed by atoms with E-state index in [2.05, 4.69) is 19.9 Å². The molecule has 0 aromatic heterocycles. The molecule has 1 atom stereocenters. The van der Waals surface area contributed by atoms with E-state index in [9.17, 15) is 13.6 Å². The van der Waals surface area contributed by atoms with E-state index in [4.69, 9.17) is 0 Å². The number of piperazine rings is 1. The van der Waals surface area contributed by atoms with Gasteiger partial charge in [-0.25, -0.2) is 4.39 Å². The Morgan fingerprint density at radius 1 is 1.32 bits per heavy atom. The van der Waals surface area contributed by atoms with Gasteiger partial charge in [-0.2, -0.15) is 4.39 Å². The Kier molecular flexibility index (Phi) is 5.31. The molecule has 1 fully saturated rings. The number of hydrogen-bond donors (Lipinski definition) is 1. The largest absolute Gasteiger partial charge is 0.494 e. The molecular formula is C15H21F2N3O2. The number of ether oxygens (including phenoxy) is 1. The third kappa shape index (κ3) is 3.53. The quantitative estimate of drug-likeness (QED) is 0.899. The van der Waals surface area contributed by atoms with Gasteiger partial charge in [0.25, 0.3) is 5.91 Å². The van der Waals surface area contributed by atoms with Gasteiger partial charge in [0, 0.05) is 32.2 Å². The van der Waals surface area contributed by atoms with Gasteiger partial charge in [0.05, 0.1) is 12.7 Å². The number of rotatable bonds is 4. The molecule has 1 N–H and O–H groups in total. The zero-order valence-corrected chi connectivity index (χ0v) is 13.0. The van der Waals surface area contributed by atoms with Crippen molar-refractivity contribution in [3.05, 3.63) is 29.3 Å². The molecule has 1 aromatic carbocycles. The predicted molar refractivity (Wildman–Crippen MR) is 79.2 cm³/mol. The van der Waals surface area contributed by atoms with Gasteiger partial charge in [-0.1, -0.05) is 0 Å². The first kappa shape index (κ1) is 16.6. The Morgan fingerprint density at radius 3 is 2.73 bits per heavy atom. The molecule has 122 valence electrons. The first-order chi connectivity index (χ1) is 10.4. The predicted octanol–water partition coefficient (Wildman–Crippen LogP) is 0.949. The van der Waals surface area contributed by atoms with E-state index in [1.54, 1.807) is 0 Å². The van der Waals surface area contributed by atoms with Gasteiger partial charge < -0.3 is 15.0 Å². The molecule has 0 bridgehead atoms. The van der Waals surface area contributed by atoms with Gasteiger partial charge in [0.1, 0.15) is 0 Å². The maximum atomic E-state index is 13.9. The van der Waals surface area contributed by atoms with Crippen LogP contribution in [0.25, 0.3) is 0 Å². The van der Waals surface area contributed by atoms with E-state index in [1.807, 2.05) is 14.1 Å². The number of methoxy groups -OCH3 is 1. The zero-order valence-electron chi connectivity index (χ0n) is 13.0. The summed E-state index contributed by atoms with van der Waals surface area (Å²) in [6, 6.07) is 2.62. The Morgan fingerprint density at radius 2 is 2.05 bits per heavy atom. The van der Waals surface area contributed by atoms with E-state index >= 15 is 0 Å². The Labute approximate surface area is 128 Å². The molecule has 0 radical (unpaired) electrons. The minimum absolute atomic E-state index is 0.147. The molecule has 1 aliphatic rings. The molecule has 7 heteroatoms. The number of nitrogens with one attached hydrogen (secondary N) is 1. The average molecular weight is 313 g/mol. The van der Waals surface area contributed by atoms with Crippen LogP contribution in [0.15, 0.2) is 12.1 Å². The number of carbonyl (C=O) groups is 1. The lowest BCUT2D eigenvalue weighted by molar-refractivity contribution is 0.0876. The first-order valence-corrected chi connectivity index (χ1v) is 7.13. The number of benzene rings is 1. The maximum Gasteiger partial charge on any atom is 0.254 e. The summed E-state index contributed by atoms with van der Waals surface area (Å²) < 4.78 is 32.2. The van der Waals surface area contributed by atoms with Gasteiger partial charge in [0.15, 0.2) is 11.6 Å². The fraction of sp³-hybridized carbons (Fsp3) is 0.533. The van der Waals surface area contributed by atoms with Crippen molar-refractivity contribution in [1.82, 2.24) is 15.1 Å². The molecule has 5 nitrogen and oxygen atoms in total. The van der Waals surface area contributed by atoms with Gasteiger partial charge in [-0.15, -0.1) is 0 Å². The fourth-order valence-electron chi connectivity index (χ4n) is 2.49. The molecular weight excluding hydrogens is 292 g/mol. The van der Waals surface area contributed by atoms with Gasteiger partial charge in [-0.3, -0.25) is 9.69 Å². The highest BCUT2D eigenvalue weighted by Gasteiger charge is 2.24. The lowest BCUT2D eigenvalue weighted by atomic mass is 10.1. The summed E-state index contributed by atoms with van der Waals surface area (Å²) in [6.07, 6.45) is 0. The van der Waals surface area contributed by atoms with Gasteiger partial charge in [-0.05, 0) is 26.2 Å². The van der Waals surface area contributed by atoms with Crippen LogP contribution >= 0.6 is 0 Å². The number of amides is 1. The highest BCUT2D eigenvalue weighted by molar-refractivity contribution is 5.94. The molecule has 2 rings (SSSR count). The highest BCUT2D eigenvalue weighted by atomic mass is 19.2. The number of likely N-dealkylation sites (N-methyl/N-ethyl adjacent to an activating group) is 2. The number of carbonyl (C=O) groups excluding carboxylic acids is 1. The van der Waals surface area contributed by atoms with E-state index in [0.717, 1.165) is 19.6 Å². The van der Waals surface area contributed by atoms with Crippen LogP contribution in [0.1, 0.15) is 10.4 Å². The summed E-state index contributed by atoms with van der Waals surface area (Å²) in [4.78, 5) is 16.4. The van der Waals surface area contributed by atoms with Crippen molar-refractivity contribution in [2.24, 2.45) is 0 Å². The summed E-state index contributed by atoms with van der Waals surface area (Å²) in [5.41, 5.74) is -0.315. The SMILES string of the molecule is COc1ccc(C(=O)NC[C@@H]2CN(C)CCN2C)c(F)c1F. The van der Waals surface area contributed by atoms with Crippen LogP contribution in [0.3, 0.4) is 0 Å². The Hall–Kier alpha value is -1.73. The second-order valence-corrected chi connectivity index (χ2v) is 5.55. The van der Waals surface area contributed by atoms with Crippen LogP contribution in [0, 0.1) is 11.6 Å². The molecule has 1 aromatic rings. The zero-order chi connectivity index (χ0) is 16.3. The number of nitrogens with zero attached hydrogens (tertiary/aromatic N) is 2. The topological polar surface area (TPSA) is 44.8 Å². The van der Waals surface area contributed by atoms with E-state index in [-0.39, 0.29) is 17.4 Å². The van der Waals surface area contributed by atoms with E-state index in [0.29, 0.717) is 6.54 Å². The molecule has 0 spiro atoms. The molecule has 0 aliphatic carbocycles. The minimum Gasteiger partial charge on any atom is -0.494 e. The molecule has 0 saturated carbocycles. The molecule has 0 unspecified atom stereocenters. The molecule has 1 amide bonds. The molecule has 22 heavy (non-hydrogen) atoms. The Bertz CT molecular complexity index is 554. The summed E-state index contributed by atoms with van der Waals surface area (Å²) in [7, 11) is 5.24. The smallest absolute Gasteiger partial charge is 0.254 e. The van der Waals surface area contributed by atoms with Crippen LogP contribution in [0.2, 0.25) is 0 Å². The number of hydrogen-bond acceptors (Lipinski definition) is 4. The molecule has 1 heterocycles. The van der Waals surface area contributed by atoms with Crippen molar-refractivity contribution in [1.29, 1.82) is 0 Å². The Balaban J connectivity index is 2.02. The molecule has 1 saturated heterocycles. The van der Waals surface area contributed by atoms with Crippen molar-refractivity contribution >= 4 is 5.91 Å². The van der Waals surface area contributed by atoms with Crippen molar-refractivity contribution < 1.29 is 18.3 Å². The lowest BCUT2D eigenvalue weighted by Crippen LogP contribution is -2.54. The minimum atomic E-state index is -1.19. The summed E-state index contributed by atoms with van der Waals surface area (Å²) >= 11 is 0. The summed E-state index contributed by atoms with van der Waals surface area (Å²) in [5, 5.41) is 2.67. The van der Waals surface area contributed by atoms with Gasteiger partial charge in [0.2, 0.25) is 5.82 Å².